The van der Waals surface area contributed by atoms with Crippen molar-refractivity contribution in [3.05, 3.63) is 144 Å². The lowest BCUT2D eigenvalue weighted by atomic mass is 9.75. The molecule has 2 atom stereocenters. The molecule has 11 nitrogen and oxygen atoms in total. The monoisotopic (exact) mass is 656 g/mol. The molecule has 2 N–H and O–H groups in total. The number of rotatable bonds is 10. The van der Waals surface area contributed by atoms with Crippen molar-refractivity contribution in [3.8, 4) is 11.5 Å². The van der Waals surface area contributed by atoms with Crippen molar-refractivity contribution < 1.29 is 24.1 Å². The highest BCUT2D eigenvalue weighted by atomic mass is 16.5. The zero-order valence-corrected chi connectivity index (χ0v) is 27.1. The molecule has 0 radical (unpaired) electrons. The molecular formula is C38H36N6O5. The first-order chi connectivity index (χ1) is 24.0. The van der Waals surface area contributed by atoms with Gasteiger partial charge in [-0.2, -0.15) is 0 Å². The van der Waals surface area contributed by atoms with Crippen LogP contribution in [0.5, 0.6) is 11.5 Å². The second kappa shape index (κ2) is 13.9. The summed E-state index contributed by atoms with van der Waals surface area (Å²) in [5.41, 5.74) is 3.63. The van der Waals surface area contributed by atoms with E-state index in [1.807, 2.05) is 53.1 Å². The molecule has 248 valence electrons. The molecule has 7 rings (SSSR count). The molecule has 1 fully saturated rings. The van der Waals surface area contributed by atoms with Gasteiger partial charge in [-0.15, -0.1) is 0 Å². The lowest BCUT2D eigenvalue weighted by Crippen LogP contribution is -2.57. The topological polar surface area (TPSA) is 124 Å². The van der Waals surface area contributed by atoms with Gasteiger partial charge in [-0.05, 0) is 53.1 Å². The van der Waals surface area contributed by atoms with Crippen molar-refractivity contribution in [2.24, 2.45) is 0 Å². The van der Waals surface area contributed by atoms with Crippen molar-refractivity contribution in [1.82, 2.24) is 24.4 Å². The Kier molecular flexibility index (Phi) is 9.03. The van der Waals surface area contributed by atoms with E-state index >= 15 is 0 Å². The number of hydrogen-bond donors (Lipinski definition) is 2. The van der Waals surface area contributed by atoms with Gasteiger partial charge in [0.25, 0.3) is 5.91 Å². The summed E-state index contributed by atoms with van der Waals surface area (Å²) >= 11 is 0. The fraction of sp³-hybridized carbons (Fsp3) is 0.211. The van der Waals surface area contributed by atoms with E-state index in [1.165, 1.54) is 6.33 Å². The molecule has 49 heavy (non-hydrogen) atoms. The lowest BCUT2D eigenvalue weighted by molar-refractivity contribution is -0.148. The van der Waals surface area contributed by atoms with E-state index in [2.05, 4.69) is 61.6 Å². The summed E-state index contributed by atoms with van der Waals surface area (Å²) in [4.78, 5) is 28.9. The number of methoxy groups -OCH3 is 2. The molecule has 0 saturated carbocycles. The molecule has 0 spiro atoms. The number of ether oxygens (including phenoxy) is 3. The van der Waals surface area contributed by atoms with E-state index in [4.69, 9.17) is 14.2 Å². The molecule has 4 aromatic carbocycles. The maximum Gasteiger partial charge on any atom is 0.256 e. The van der Waals surface area contributed by atoms with Crippen LogP contribution in [0.15, 0.2) is 122 Å². The van der Waals surface area contributed by atoms with Gasteiger partial charge in [0.2, 0.25) is 0 Å². The van der Waals surface area contributed by atoms with E-state index < -0.39 is 17.9 Å². The Morgan fingerprint density at radius 2 is 1.41 bits per heavy atom. The van der Waals surface area contributed by atoms with Crippen molar-refractivity contribution >= 4 is 22.9 Å². The third-order valence-electron chi connectivity index (χ3n) is 8.97. The number of benzene rings is 4. The van der Waals surface area contributed by atoms with E-state index in [-0.39, 0.29) is 12.5 Å². The van der Waals surface area contributed by atoms with Gasteiger partial charge in [-0.1, -0.05) is 72.8 Å². The molecule has 2 aromatic heterocycles. The third-order valence-corrected chi connectivity index (χ3v) is 8.97. The number of morpholine rings is 1. The van der Waals surface area contributed by atoms with Gasteiger partial charge in [0.05, 0.1) is 38.8 Å². The Labute approximate surface area is 283 Å². The van der Waals surface area contributed by atoms with Crippen molar-refractivity contribution in [3.63, 3.8) is 0 Å². The molecule has 1 saturated heterocycles. The summed E-state index contributed by atoms with van der Waals surface area (Å²) in [7, 11) is 3.30. The normalized spacial score (nSPS) is 16.7. The summed E-state index contributed by atoms with van der Waals surface area (Å²) in [5.74, 6) is 1.47. The third kappa shape index (κ3) is 5.99. The second-order valence-corrected chi connectivity index (χ2v) is 11.7. The van der Waals surface area contributed by atoms with Crippen molar-refractivity contribution in [1.29, 1.82) is 0 Å². The first-order valence-corrected chi connectivity index (χ1v) is 15.9. The van der Waals surface area contributed by atoms with Gasteiger partial charge < -0.3 is 24.6 Å². The molecule has 0 bridgehead atoms. The Balaban J connectivity index is 1.34. The molecule has 1 aliphatic rings. The number of nitrogens with zero attached hydrogens (tertiary/aromatic N) is 5. The molecule has 6 aromatic rings. The van der Waals surface area contributed by atoms with Crippen LogP contribution in [0.4, 0.5) is 5.82 Å². The number of carbonyl (C=O) groups excluding carboxylic acids is 1. The van der Waals surface area contributed by atoms with Gasteiger partial charge >= 0.3 is 0 Å². The van der Waals surface area contributed by atoms with E-state index in [1.54, 1.807) is 44.8 Å². The molecular weight excluding hydrogens is 620 g/mol. The highest BCUT2D eigenvalue weighted by molar-refractivity contribution is 6.06. The average molecular weight is 657 g/mol. The number of aromatic nitrogens is 4. The number of amides is 1. The van der Waals surface area contributed by atoms with Crippen LogP contribution in [-0.4, -0.2) is 75.5 Å². The summed E-state index contributed by atoms with van der Waals surface area (Å²) < 4.78 is 19.4. The first-order valence-electron chi connectivity index (χ1n) is 15.9. The minimum Gasteiger partial charge on any atom is -0.497 e. The number of aliphatic hydroxyl groups is 1. The predicted octanol–water partition coefficient (Wildman–Crippen LogP) is 5.28. The van der Waals surface area contributed by atoms with Crippen LogP contribution >= 0.6 is 0 Å². The number of fused-ring (bicyclic) bond motifs is 1. The summed E-state index contributed by atoms with van der Waals surface area (Å²) in [6.45, 7) is 0.605. The van der Waals surface area contributed by atoms with Crippen LogP contribution in [0.25, 0.3) is 11.2 Å². The van der Waals surface area contributed by atoms with Crippen LogP contribution in [0, 0.1) is 0 Å². The van der Waals surface area contributed by atoms with Crippen LogP contribution in [-0.2, 0) is 10.3 Å². The molecule has 3 heterocycles. The Morgan fingerprint density at radius 1 is 0.816 bits per heavy atom. The van der Waals surface area contributed by atoms with Crippen LogP contribution in [0.2, 0.25) is 0 Å². The predicted molar refractivity (Wildman–Crippen MR) is 185 cm³/mol. The van der Waals surface area contributed by atoms with Gasteiger partial charge in [0.1, 0.15) is 24.1 Å². The molecule has 1 aliphatic heterocycles. The summed E-state index contributed by atoms with van der Waals surface area (Å²) in [6, 6.07) is 35.4. The largest absolute Gasteiger partial charge is 0.497 e. The number of imidazole rings is 1. The zero-order chi connectivity index (χ0) is 33.8. The van der Waals surface area contributed by atoms with Crippen LogP contribution in [0.1, 0.15) is 33.3 Å². The summed E-state index contributed by atoms with van der Waals surface area (Å²) in [6.07, 6.45) is 1.89. The standard InChI is InChI=1S/C38H36N6O5/c1-47-30-17-13-28(14-18-30)38(27-11-7-4-8-12-27,29-15-19-31(48-2)20-16-29)43-21-32(23-45)49-33(22-43)44-25-41-34-35(39-24-40-36(34)44)42-37(46)26-9-5-3-6-10-26/h3-20,24-25,32-33,45H,21-23H2,1-2H3,(H,39,40,42,46)/t32-,33+/m0/s1. The van der Waals surface area contributed by atoms with E-state index in [0.717, 1.165) is 28.2 Å². The minimum atomic E-state index is -0.824. The highest BCUT2D eigenvalue weighted by Crippen LogP contribution is 2.45. The van der Waals surface area contributed by atoms with Crippen LogP contribution < -0.4 is 14.8 Å². The Bertz CT molecular complexity index is 1970. The maximum atomic E-state index is 13.0. The quantitative estimate of drug-likeness (QED) is 0.190. The summed E-state index contributed by atoms with van der Waals surface area (Å²) in [5, 5.41) is 13.5. The number of nitrogens with one attached hydrogen (secondary N) is 1. The van der Waals surface area contributed by atoms with Crippen molar-refractivity contribution in [2.45, 2.75) is 17.9 Å². The Morgan fingerprint density at radius 3 is 2.00 bits per heavy atom. The second-order valence-electron chi connectivity index (χ2n) is 11.7. The Hall–Kier alpha value is -5.62. The van der Waals surface area contributed by atoms with E-state index in [9.17, 15) is 9.90 Å². The molecule has 1 amide bonds. The zero-order valence-electron chi connectivity index (χ0n) is 27.1. The molecule has 11 heteroatoms. The highest BCUT2D eigenvalue weighted by Gasteiger charge is 2.46. The van der Waals surface area contributed by atoms with Gasteiger partial charge in [-0.3, -0.25) is 14.3 Å². The number of aliphatic hydroxyl groups excluding tert-OH is 1. The van der Waals surface area contributed by atoms with E-state index in [0.29, 0.717) is 35.6 Å². The maximum absolute atomic E-state index is 13.0. The molecule has 0 unspecified atom stereocenters. The van der Waals surface area contributed by atoms with Gasteiger partial charge in [0, 0.05) is 18.7 Å². The minimum absolute atomic E-state index is 0.205. The number of carbonyl (C=O) groups is 1. The SMILES string of the molecule is COc1ccc(C(c2ccccc2)(c2ccc(OC)cc2)N2C[C@@H](CO)O[C@@H](n3cnc4c(NC(=O)c5ccccc5)ncnc43)C2)cc1. The smallest absolute Gasteiger partial charge is 0.256 e. The number of anilines is 1. The van der Waals surface area contributed by atoms with Crippen molar-refractivity contribution in [2.75, 3.05) is 39.2 Å². The fourth-order valence-electron chi connectivity index (χ4n) is 6.66. The molecule has 0 aliphatic carbocycles. The first kappa shape index (κ1) is 32.0. The van der Waals surface area contributed by atoms with Crippen LogP contribution in [0.3, 0.4) is 0 Å². The van der Waals surface area contributed by atoms with Gasteiger partial charge in [-0.25, -0.2) is 15.0 Å². The number of hydrogen-bond acceptors (Lipinski definition) is 9. The fourth-order valence-corrected chi connectivity index (χ4v) is 6.66. The average Bonchev–Trinajstić information content (AvgIpc) is 3.62. The lowest BCUT2D eigenvalue weighted by Gasteiger charge is -2.50. The van der Waals surface area contributed by atoms with Gasteiger partial charge in [0.15, 0.2) is 17.0 Å².